The van der Waals surface area contributed by atoms with Crippen molar-refractivity contribution in [3.8, 4) is 0 Å². The van der Waals surface area contributed by atoms with Crippen LogP contribution in [0.3, 0.4) is 0 Å². The van der Waals surface area contributed by atoms with Crippen molar-refractivity contribution in [3.63, 3.8) is 0 Å². The molecule has 0 heterocycles. The standard InChI is InChI=1S/C18H25N3O3/c1-13(15-8-10-17(11-9-15)19-14(2)22)21-24-12-18(23)20-16-6-4-3-5-7-16/h8-11,16H,3-7,12H2,1-2H3,(H,19,22)(H,20,23)/b21-13+. The third-order valence-corrected chi connectivity index (χ3v) is 3.99. The molecule has 6 heteroatoms. The molecule has 2 amide bonds. The minimum Gasteiger partial charge on any atom is -0.385 e. The number of amides is 2. The van der Waals surface area contributed by atoms with Crippen LogP contribution >= 0.6 is 0 Å². The van der Waals surface area contributed by atoms with Gasteiger partial charge in [0, 0.05) is 18.7 Å². The molecule has 1 aromatic rings. The molecule has 0 aromatic heterocycles. The summed E-state index contributed by atoms with van der Waals surface area (Å²) in [4.78, 5) is 28.0. The van der Waals surface area contributed by atoms with E-state index in [9.17, 15) is 9.59 Å². The lowest BCUT2D eigenvalue weighted by atomic mass is 9.95. The van der Waals surface area contributed by atoms with Crippen LogP contribution < -0.4 is 10.6 Å². The predicted molar refractivity (Wildman–Crippen MR) is 93.9 cm³/mol. The van der Waals surface area contributed by atoms with Crippen molar-refractivity contribution in [2.45, 2.75) is 52.0 Å². The second-order valence-electron chi connectivity index (χ2n) is 6.11. The molecule has 1 saturated carbocycles. The van der Waals surface area contributed by atoms with Gasteiger partial charge in [0.05, 0.1) is 5.71 Å². The highest BCUT2D eigenvalue weighted by Crippen LogP contribution is 2.17. The number of hydrogen-bond donors (Lipinski definition) is 2. The molecule has 0 bridgehead atoms. The first-order valence-corrected chi connectivity index (χ1v) is 8.38. The molecule has 1 fully saturated rings. The maximum Gasteiger partial charge on any atom is 0.260 e. The molecule has 2 N–H and O–H groups in total. The van der Waals surface area contributed by atoms with E-state index in [0.29, 0.717) is 5.71 Å². The molecule has 1 aliphatic carbocycles. The highest BCUT2D eigenvalue weighted by molar-refractivity contribution is 5.99. The minimum absolute atomic E-state index is 0.0716. The smallest absolute Gasteiger partial charge is 0.260 e. The summed E-state index contributed by atoms with van der Waals surface area (Å²) in [6.07, 6.45) is 5.71. The summed E-state index contributed by atoms with van der Waals surface area (Å²) in [6, 6.07) is 7.56. The van der Waals surface area contributed by atoms with Crippen LogP contribution in [-0.4, -0.2) is 30.2 Å². The van der Waals surface area contributed by atoms with Gasteiger partial charge < -0.3 is 15.5 Å². The highest BCUT2D eigenvalue weighted by atomic mass is 16.6. The van der Waals surface area contributed by atoms with Crippen molar-refractivity contribution in [2.24, 2.45) is 5.16 Å². The van der Waals surface area contributed by atoms with Crippen molar-refractivity contribution < 1.29 is 14.4 Å². The number of rotatable bonds is 6. The van der Waals surface area contributed by atoms with Crippen LogP contribution in [0.1, 0.15) is 51.5 Å². The number of oxime groups is 1. The van der Waals surface area contributed by atoms with E-state index in [-0.39, 0.29) is 24.5 Å². The molecule has 2 rings (SSSR count). The van der Waals surface area contributed by atoms with Gasteiger partial charge in [0.25, 0.3) is 5.91 Å². The molecule has 24 heavy (non-hydrogen) atoms. The topological polar surface area (TPSA) is 79.8 Å². The summed E-state index contributed by atoms with van der Waals surface area (Å²) >= 11 is 0. The van der Waals surface area contributed by atoms with E-state index in [4.69, 9.17) is 4.84 Å². The van der Waals surface area contributed by atoms with Crippen LogP contribution in [0.2, 0.25) is 0 Å². The molecule has 130 valence electrons. The van der Waals surface area contributed by atoms with Gasteiger partial charge in [-0.25, -0.2) is 0 Å². The van der Waals surface area contributed by atoms with Crippen molar-refractivity contribution in [2.75, 3.05) is 11.9 Å². The van der Waals surface area contributed by atoms with Crippen molar-refractivity contribution in [3.05, 3.63) is 29.8 Å². The monoisotopic (exact) mass is 331 g/mol. The third-order valence-electron chi connectivity index (χ3n) is 3.99. The molecule has 1 aliphatic rings. The van der Waals surface area contributed by atoms with E-state index in [1.807, 2.05) is 19.1 Å². The Hall–Kier alpha value is -2.37. The zero-order chi connectivity index (χ0) is 17.4. The maximum atomic E-state index is 11.8. The van der Waals surface area contributed by atoms with E-state index >= 15 is 0 Å². The summed E-state index contributed by atoms with van der Waals surface area (Å²) in [5.41, 5.74) is 2.28. The molecule has 0 unspecified atom stereocenters. The van der Waals surface area contributed by atoms with Crippen LogP contribution in [-0.2, 0) is 14.4 Å². The van der Waals surface area contributed by atoms with Crippen LogP contribution in [0.5, 0.6) is 0 Å². The van der Waals surface area contributed by atoms with Crippen molar-refractivity contribution in [1.29, 1.82) is 0 Å². The fourth-order valence-electron chi connectivity index (χ4n) is 2.75. The Labute approximate surface area is 142 Å². The van der Waals surface area contributed by atoms with Gasteiger partial charge in [-0.15, -0.1) is 0 Å². The minimum atomic E-state index is -0.126. The molecule has 0 radical (unpaired) electrons. The second-order valence-corrected chi connectivity index (χ2v) is 6.11. The van der Waals surface area contributed by atoms with Crippen molar-refractivity contribution in [1.82, 2.24) is 5.32 Å². The summed E-state index contributed by atoms with van der Waals surface area (Å²) in [5, 5.41) is 9.68. The predicted octanol–water partition coefficient (Wildman–Crippen LogP) is 2.83. The Morgan fingerprint density at radius 1 is 1.12 bits per heavy atom. The number of nitrogens with zero attached hydrogens (tertiary/aromatic N) is 1. The molecular weight excluding hydrogens is 306 g/mol. The lowest BCUT2D eigenvalue weighted by Gasteiger charge is -2.22. The van der Waals surface area contributed by atoms with E-state index in [2.05, 4.69) is 15.8 Å². The van der Waals surface area contributed by atoms with E-state index in [1.54, 1.807) is 12.1 Å². The summed E-state index contributed by atoms with van der Waals surface area (Å²) in [7, 11) is 0. The van der Waals surface area contributed by atoms with Gasteiger partial charge in [0.15, 0.2) is 6.61 Å². The molecular formula is C18H25N3O3. The largest absolute Gasteiger partial charge is 0.385 e. The Balaban J connectivity index is 1.78. The first-order chi connectivity index (χ1) is 11.5. The number of benzene rings is 1. The van der Waals surface area contributed by atoms with Crippen LogP contribution in [0.15, 0.2) is 29.4 Å². The van der Waals surface area contributed by atoms with Gasteiger partial charge in [-0.05, 0) is 37.5 Å². The lowest BCUT2D eigenvalue weighted by molar-refractivity contribution is -0.126. The molecule has 1 aromatic carbocycles. The van der Waals surface area contributed by atoms with Gasteiger partial charge in [0.1, 0.15) is 0 Å². The Kier molecular flexibility index (Phi) is 6.78. The third kappa shape index (κ3) is 6.02. The van der Waals surface area contributed by atoms with Gasteiger partial charge in [-0.2, -0.15) is 0 Å². The number of carbonyl (C=O) groups excluding carboxylic acids is 2. The first-order valence-electron chi connectivity index (χ1n) is 8.38. The summed E-state index contributed by atoms with van der Waals surface area (Å²) in [6.45, 7) is 3.21. The molecule has 0 aliphatic heterocycles. The lowest BCUT2D eigenvalue weighted by Crippen LogP contribution is -2.38. The zero-order valence-electron chi connectivity index (χ0n) is 14.3. The fourth-order valence-corrected chi connectivity index (χ4v) is 2.75. The fraction of sp³-hybridized carbons (Fsp3) is 0.500. The normalized spacial score (nSPS) is 15.7. The van der Waals surface area contributed by atoms with Crippen LogP contribution in [0.4, 0.5) is 5.69 Å². The van der Waals surface area contributed by atoms with Gasteiger partial charge >= 0.3 is 0 Å². The Bertz CT molecular complexity index is 590. The SMILES string of the molecule is CC(=O)Nc1ccc(/C(C)=N/OCC(=O)NC2CCCCC2)cc1. The number of carbonyl (C=O) groups is 2. The molecule has 6 nitrogen and oxygen atoms in total. The number of anilines is 1. The van der Waals surface area contributed by atoms with E-state index in [1.165, 1.54) is 26.2 Å². The second kappa shape index (κ2) is 9.05. The number of hydrogen-bond acceptors (Lipinski definition) is 4. The van der Waals surface area contributed by atoms with E-state index in [0.717, 1.165) is 24.1 Å². The average molecular weight is 331 g/mol. The Morgan fingerprint density at radius 3 is 2.42 bits per heavy atom. The van der Waals surface area contributed by atoms with Crippen molar-refractivity contribution >= 4 is 23.2 Å². The van der Waals surface area contributed by atoms with Crippen LogP contribution in [0.25, 0.3) is 0 Å². The molecule has 0 atom stereocenters. The summed E-state index contributed by atoms with van der Waals surface area (Å²) < 4.78 is 0. The maximum absolute atomic E-state index is 11.8. The zero-order valence-corrected chi connectivity index (χ0v) is 14.3. The van der Waals surface area contributed by atoms with E-state index < -0.39 is 0 Å². The van der Waals surface area contributed by atoms with Gasteiger partial charge in [0.2, 0.25) is 5.91 Å². The quantitative estimate of drug-likeness (QED) is 0.621. The molecule has 0 saturated heterocycles. The molecule has 0 spiro atoms. The summed E-state index contributed by atoms with van der Waals surface area (Å²) in [5.74, 6) is -0.236. The number of nitrogens with one attached hydrogen (secondary N) is 2. The van der Waals surface area contributed by atoms with Gasteiger partial charge in [-0.1, -0.05) is 36.6 Å². The Morgan fingerprint density at radius 2 is 1.79 bits per heavy atom. The van der Waals surface area contributed by atoms with Crippen LogP contribution in [0, 0.1) is 0 Å². The highest BCUT2D eigenvalue weighted by Gasteiger charge is 2.15. The first kappa shape index (κ1) is 18.0. The van der Waals surface area contributed by atoms with Gasteiger partial charge in [-0.3, -0.25) is 9.59 Å². The average Bonchev–Trinajstić information content (AvgIpc) is 2.55.